The molecule has 1 heterocycles. The van der Waals surface area contributed by atoms with Gasteiger partial charge in [0.1, 0.15) is 12.4 Å². The molecule has 3 nitrogen and oxygen atoms in total. The summed E-state index contributed by atoms with van der Waals surface area (Å²) in [7, 11) is 1.64. The van der Waals surface area contributed by atoms with Crippen molar-refractivity contribution in [3.63, 3.8) is 0 Å². The van der Waals surface area contributed by atoms with Crippen LogP contribution in [0.4, 0.5) is 4.39 Å². The van der Waals surface area contributed by atoms with Gasteiger partial charge in [0.25, 0.3) is 0 Å². The molecule has 1 amide bonds. The number of benzene rings is 1. The molecule has 1 unspecified atom stereocenters. The topological polar surface area (TPSA) is 29.5 Å². The monoisotopic (exact) mass is 475 g/mol. The molecule has 1 aliphatic heterocycles. The van der Waals surface area contributed by atoms with Crippen molar-refractivity contribution < 1.29 is 46.6 Å². The molecular formula is C15H14FINO2Y-. The van der Waals surface area contributed by atoms with Gasteiger partial charge in [0.2, 0.25) is 5.91 Å². The van der Waals surface area contributed by atoms with Gasteiger partial charge in [-0.2, -0.15) is 0 Å². The zero-order chi connectivity index (χ0) is 14.7. The quantitative estimate of drug-likeness (QED) is 0.290. The van der Waals surface area contributed by atoms with Crippen LogP contribution in [-0.4, -0.2) is 28.4 Å². The van der Waals surface area contributed by atoms with E-state index in [0.717, 1.165) is 0 Å². The van der Waals surface area contributed by atoms with Crippen LogP contribution in [-0.2, 0) is 37.5 Å². The Labute approximate surface area is 162 Å². The Kier molecular flexibility index (Phi) is 7.50. The SMILES string of the molecule is C=CCOc1ccc(C2=[C-]CC(I)C(=O)N2C)c(F)c1.[Y]. The van der Waals surface area contributed by atoms with E-state index in [1.54, 1.807) is 25.3 Å². The standard InChI is InChI=1S/C15H14FINO2.Y/c1-3-8-20-10-4-5-11(12(16)9-10)14-7-6-13(17)15(19)18(14)2;/h3-5,9,13H,1,6,8H2,2H3;/q-1;. The van der Waals surface area contributed by atoms with Crippen molar-refractivity contribution >= 4 is 34.2 Å². The molecular weight excluding hydrogens is 461 g/mol. The molecule has 0 aromatic heterocycles. The Bertz CT molecular complexity index is 577. The van der Waals surface area contributed by atoms with Crippen molar-refractivity contribution in [2.24, 2.45) is 0 Å². The minimum Gasteiger partial charge on any atom is -0.490 e. The van der Waals surface area contributed by atoms with Crippen LogP contribution >= 0.6 is 22.6 Å². The van der Waals surface area contributed by atoms with Crippen LogP contribution in [0.5, 0.6) is 5.75 Å². The van der Waals surface area contributed by atoms with Crippen LogP contribution < -0.4 is 4.74 Å². The predicted molar refractivity (Wildman–Crippen MR) is 83.9 cm³/mol. The van der Waals surface area contributed by atoms with Gasteiger partial charge in [0.05, 0.1) is 9.74 Å². The normalized spacial score (nSPS) is 17.9. The number of hydrogen-bond donors (Lipinski definition) is 0. The fourth-order valence-electron chi connectivity index (χ4n) is 1.92. The molecule has 21 heavy (non-hydrogen) atoms. The van der Waals surface area contributed by atoms with E-state index < -0.39 is 5.82 Å². The van der Waals surface area contributed by atoms with Crippen molar-refractivity contribution in [1.29, 1.82) is 0 Å². The fourth-order valence-corrected chi connectivity index (χ4v) is 2.56. The van der Waals surface area contributed by atoms with Gasteiger partial charge in [-0.05, 0) is 12.1 Å². The van der Waals surface area contributed by atoms with Crippen LogP contribution in [0.15, 0.2) is 30.9 Å². The first-order chi connectivity index (χ1) is 9.54. The van der Waals surface area contributed by atoms with E-state index in [1.807, 2.05) is 0 Å². The summed E-state index contributed by atoms with van der Waals surface area (Å²) >= 11 is 2.07. The van der Waals surface area contributed by atoms with Gasteiger partial charge in [0.15, 0.2) is 0 Å². The average Bonchev–Trinajstić information content (AvgIpc) is 2.44. The maximum absolute atomic E-state index is 14.2. The van der Waals surface area contributed by atoms with Crippen molar-refractivity contribution in [3.05, 3.63) is 48.3 Å². The molecule has 1 aromatic rings. The van der Waals surface area contributed by atoms with E-state index in [2.05, 4.69) is 35.2 Å². The van der Waals surface area contributed by atoms with Crippen molar-refractivity contribution in [3.8, 4) is 5.75 Å². The molecule has 0 saturated carbocycles. The average molecular weight is 475 g/mol. The second-order valence-electron chi connectivity index (χ2n) is 4.34. The molecule has 1 aromatic carbocycles. The first-order valence-electron chi connectivity index (χ1n) is 6.10. The van der Waals surface area contributed by atoms with Crippen LogP contribution in [0, 0.1) is 11.9 Å². The van der Waals surface area contributed by atoms with Gasteiger partial charge in [0, 0.05) is 39.8 Å². The molecule has 0 saturated heterocycles. The number of alkyl halides is 1. The van der Waals surface area contributed by atoms with E-state index >= 15 is 0 Å². The maximum atomic E-state index is 14.2. The van der Waals surface area contributed by atoms with Gasteiger partial charge in [-0.1, -0.05) is 41.7 Å². The predicted octanol–water partition coefficient (Wildman–Crippen LogP) is 3.20. The molecule has 1 atom stereocenters. The van der Waals surface area contributed by atoms with Crippen molar-refractivity contribution in [1.82, 2.24) is 4.90 Å². The van der Waals surface area contributed by atoms with Gasteiger partial charge >= 0.3 is 0 Å². The number of carbonyl (C=O) groups is 1. The summed E-state index contributed by atoms with van der Waals surface area (Å²) in [4.78, 5) is 13.4. The van der Waals surface area contributed by atoms with Crippen LogP contribution in [0.25, 0.3) is 5.70 Å². The van der Waals surface area contributed by atoms with Gasteiger partial charge in [-0.15, -0.1) is 17.3 Å². The van der Waals surface area contributed by atoms with Crippen molar-refractivity contribution in [2.45, 2.75) is 10.3 Å². The van der Waals surface area contributed by atoms with E-state index in [0.29, 0.717) is 30.0 Å². The Morgan fingerprint density at radius 2 is 2.33 bits per heavy atom. The summed E-state index contributed by atoms with van der Waals surface area (Å²) in [6.45, 7) is 3.86. The third kappa shape index (κ3) is 4.36. The number of rotatable bonds is 4. The molecule has 6 heteroatoms. The smallest absolute Gasteiger partial charge is 0.235 e. The summed E-state index contributed by atoms with van der Waals surface area (Å²) < 4.78 is 19.3. The first kappa shape index (κ1) is 18.8. The Morgan fingerprint density at radius 1 is 1.62 bits per heavy atom. The van der Waals surface area contributed by atoms with Gasteiger partial charge < -0.3 is 9.64 Å². The zero-order valence-electron chi connectivity index (χ0n) is 11.6. The van der Waals surface area contributed by atoms with Gasteiger partial charge in [-0.3, -0.25) is 4.79 Å². The number of hydrogen-bond acceptors (Lipinski definition) is 2. The number of carbonyl (C=O) groups excluding carboxylic acids is 1. The number of halogens is 2. The summed E-state index contributed by atoms with van der Waals surface area (Å²) in [5.41, 5.74) is 0.839. The molecule has 0 bridgehead atoms. The number of allylic oxidation sites excluding steroid dienone is 1. The minimum atomic E-state index is -0.430. The Morgan fingerprint density at radius 3 is 2.95 bits per heavy atom. The summed E-state index contributed by atoms with van der Waals surface area (Å²) in [6.07, 6.45) is 5.17. The third-order valence-electron chi connectivity index (χ3n) is 2.95. The molecule has 1 aliphatic rings. The van der Waals surface area contributed by atoms with E-state index in [4.69, 9.17) is 4.74 Å². The molecule has 1 radical (unpaired) electrons. The summed E-state index contributed by atoms with van der Waals surface area (Å²) in [6, 6.07) is 4.58. The second-order valence-corrected chi connectivity index (χ2v) is 5.84. The number of ether oxygens (including phenoxy) is 1. The minimum absolute atomic E-state index is 0. The van der Waals surface area contributed by atoms with Crippen LogP contribution in [0.3, 0.4) is 0 Å². The molecule has 0 fully saturated rings. The number of amides is 1. The van der Waals surface area contributed by atoms with E-state index in [-0.39, 0.29) is 42.5 Å². The molecule has 109 valence electrons. The van der Waals surface area contributed by atoms with Crippen molar-refractivity contribution in [2.75, 3.05) is 13.7 Å². The van der Waals surface area contributed by atoms with E-state index in [9.17, 15) is 9.18 Å². The van der Waals surface area contributed by atoms with E-state index in [1.165, 1.54) is 11.0 Å². The van der Waals surface area contributed by atoms with Gasteiger partial charge in [-0.25, -0.2) is 10.5 Å². The Hall–Kier alpha value is -0.266. The summed E-state index contributed by atoms with van der Waals surface area (Å²) in [5.74, 6) is -0.0327. The largest absolute Gasteiger partial charge is 0.490 e. The first-order valence-corrected chi connectivity index (χ1v) is 7.35. The third-order valence-corrected chi connectivity index (χ3v) is 3.92. The molecule has 2 rings (SSSR count). The molecule has 0 N–H and O–H groups in total. The van der Waals surface area contributed by atoms with Crippen LogP contribution in [0.2, 0.25) is 0 Å². The number of nitrogens with zero attached hydrogens (tertiary/aromatic N) is 1. The summed E-state index contributed by atoms with van der Waals surface area (Å²) in [5, 5.41) is 0. The Balaban J connectivity index is 0.00000220. The molecule has 0 spiro atoms. The molecule has 0 aliphatic carbocycles. The maximum Gasteiger partial charge on any atom is 0.235 e. The fraction of sp³-hybridized carbons (Fsp3) is 0.267. The van der Waals surface area contributed by atoms with Crippen LogP contribution in [0.1, 0.15) is 12.0 Å². The second kappa shape index (κ2) is 8.39. The zero-order valence-corrected chi connectivity index (χ0v) is 16.6.